The van der Waals surface area contributed by atoms with Gasteiger partial charge in [-0.15, -0.1) is 0 Å². The fourth-order valence-electron chi connectivity index (χ4n) is 4.23. The number of ether oxygens (including phenoxy) is 2. The van der Waals surface area contributed by atoms with Gasteiger partial charge in [0.2, 0.25) is 5.91 Å². The Hall–Kier alpha value is -3.26. The van der Waals surface area contributed by atoms with E-state index in [1.54, 1.807) is 16.7 Å². The molecule has 1 aliphatic rings. The standard InChI is InChI=1S/C26H29N3O4S/c1-32-21-15-19-20(16-22(21)33-2)28-26(34-23(24(27)30)18-11-7-4-8-12-18)29(25(19)31)14-13-17-9-5-3-6-10-17/h4,7-9,11-12,15-16,23H,3,5-6,10,13-14H2,1-2H3,(H2,27,30). The number of nitrogens with zero attached hydrogens (tertiary/aromatic N) is 2. The average molecular weight is 480 g/mol. The molecule has 0 bridgehead atoms. The van der Waals surface area contributed by atoms with Crippen molar-refractivity contribution in [1.29, 1.82) is 0 Å². The van der Waals surface area contributed by atoms with Crippen LogP contribution in [0.1, 0.15) is 42.9 Å². The van der Waals surface area contributed by atoms with E-state index in [1.165, 1.54) is 44.4 Å². The zero-order valence-corrected chi connectivity index (χ0v) is 20.3. The number of carbonyl (C=O) groups is 1. The lowest BCUT2D eigenvalue weighted by Crippen LogP contribution is -2.26. The Morgan fingerprint density at radius 3 is 2.53 bits per heavy atom. The van der Waals surface area contributed by atoms with Crippen LogP contribution in [-0.2, 0) is 11.3 Å². The monoisotopic (exact) mass is 479 g/mol. The number of thioether (sulfide) groups is 1. The van der Waals surface area contributed by atoms with Crippen molar-refractivity contribution in [2.24, 2.45) is 5.73 Å². The molecular formula is C26H29N3O4S. The van der Waals surface area contributed by atoms with Gasteiger partial charge in [-0.2, -0.15) is 0 Å². The summed E-state index contributed by atoms with van der Waals surface area (Å²) in [6.45, 7) is 0.477. The van der Waals surface area contributed by atoms with Crippen molar-refractivity contribution in [1.82, 2.24) is 9.55 Å². The first-order valence-corrected chi connectivity index (χ1v) is 12.2. The third-order valence-corrected chi connectivity index (χ3v) is 7.31. The van der Waals surface area contributed by atoms with Gasteiger partial charge in [-0.3, -0.25) is 14.2 Å². The van der Waals surface area contributed by atoms with E-state index in [9.17, 15) is 9.59 Å². The summed E-state index contributed by atoms with van der Waals surface area (Å²) in [5.41, 5.74) is 8.20. The van der Waals surface area contributed by atoms with Gasteiger partial charge in [-0.05, 0) is 43.7 Å². The maximum atomic E-state index is 13.7. The molecule has 1 aromatic heterocycles. The predicted octanol–water partition coefficient (Wildman–Crippen LogP) is 4.62. The highest BCUT2D eigenvalue weighted by Crippen LogP contribution is 2.36. The molecule has 4 rings (SSSR count). The normalized spacial score (nSPS) is 14.5. The number of carbonyl (C=O) groups excluding carboxylic acids is 1. The molecule has 3 aromatic rings. The summed E-state index contributed by atoms with van der Waals surface area (Å²) in [5.74, 6) is 0.465. The lowest BCUT2D eigenvalue weighted by molar-refractivity contribution is -0.117. The molecule has 178 valence electrons. The van der Waals surface area contributed by atoms with Crippen LogP contribution in [0.2, 0.25) is 0 Å². The summed E-state index contributed by atoms with van der Waals surface area (Å²) in [6.07, 6.45) is 7.56. The Morgan fingerprint density at radius 2 is 1.88 bits per heavy atom. The molecule has 1 amide bonds. The number of allylic oxidation sites excluding steroid dienone is 2. The van der Waals surface area contributed by atoms with Crippen molar-refractivity contribution in [3.8, 4) is 11.5 Å². The van der Waals surface area contributed by atoms with Crippen molar-refractivity contribution >= 4 is 28.6 Å². The number of primary amides is 1. The molecule has 0 aliphatic heterocycles. The number of methoxy groups -OCH3 is 2. The van der Waals surface area contributed by atoms with E-state index < -0.39 is 11.2 Å². The first-order valence-electron chi connectivity index (χ1n) is 11.4. The van der Waals surface area contributed by atoms with Gasteiger partial charge in [0.1, 0.15) is 5.25 Å². The SMILES string of the molecule is COc1cc2nc(SC(C(N)=O)c3ccccc3)n(CCC3=CCCCC3)c(=O)c2cc1OC. The number of hydrogen-bond acceptors (Lipinski definition) is 6. The van der Waals surface area contributed by atoms with Crippen LogP contribution >= 0.6 is 11.8 Å². The van der Waals surface area contributed by atoms with Crippen LogP contribution in [-0.4, -0.2) is 29.7 Å². The summed E-state index contributed by atoms with van der Waals surface area (Å²) < 4.78 is 12.5. The highest BCUT2D eigenvalue weighted by Gasteiger charge is 2.24. The molecule has 8 heteroatoms. The number of nitrogens with two attached hydrogens (primary N) is 1. The van der Waals surface area contributed by atoms with E-state index in [4.69, 9.17) is 20.2 Å². The molecule has 0 radical (unpaired) electrons. The van der Waals surface area contributed by atoms with Crippen LogP contribution < -0.4 is 20.8 Å². The molecule has 34 heavy (non-hydrogen) atoms. The van der Waals surface area contributed by atoms with E-state index in [0.29, 0.717) is 34.1 Å². The zero-order valence-electron chi connectivity index (χ0n) is 19.5. The summed E-state index contributed by atoms with van der Waals surface area (Å²) in [7, 11) is 3.07. The average Bonchev–Trinajstić information content (AvgIpc) is 2.87. The van der Waals surface area contributed by atoms with Crippen LogP contribution in [0.5, 0.6) is 11.5 Å². The molecule has 1 unspecified atom stereocenters. The molecule has 0 fully saturated rings. The Balaban J connectivity index is 1.81. The van der Waals surface area contributed by atoms with Crippen molar-refractivity contribution in [2.75, 3.05) is 14.2 Å². The number of hydrogen-bond donors (Lipinski definition) is 1. The molecule has 1 aliphatic carbocycles. The van der Waals surface area contributed by atoms with Crippen molar-refractivity contribution in [3.05, 3.63) is 70.0 Å². The second kappa shape index (κ2) is 10.8. The maximum absolute atomic E-state index is 13.7. The molecule has 7 nitrogen and oxygen atoms in total. The number of rotatable bonds is 9. The molecule has 2 aromatic carbocycles. The fraction of sp³-hybridized carbons (Fsp3) is 0.346. The van der Waals surface area contributed by atoms with Gasteiger partial charge in [0.25, 0.3) is 5.56 Å². The molecular weight excluding hydrogens is 450 g/mol. The van der Waals surface area contributed by atoms with E-state index in [1.807, 2.05) is 30.3 Å². The minimum atomic E-state index is -0.675. The van der Waals surface area contributed by atoms with Crippen LogP contribution in [0.15, 0.2) is 64.1 Å². The molecule has 1 atom stereocenters. The summed E-state index contributed by atoms with van der Waals surface area (Å²) in [4.78, 5) is 30.8. The Bertz CT molecular complexity index is 1270. The lowest BCUT2D eigenvalue weighted by Gasteiger charge is -2.19. The smallest absolute Gasteiger partial charge is 0.262 e. The minimum Gasteiger partial charge on any atom is -0.493 e. The third-order valence-electron chi connectivity index (χ3n) is 6.05. The van der Waals surface area contributed by atoms with Gasteiger partial charge in [-0.25, -0.2) is 4.98 Å². The predicted molar refractivity (Wildman–Crippen MR) is 135 cm³/mol. The van der Waals surface area contributed by atoms with Crippen molar-refractivity contribution in [3.63, 3.8) is 0 Å². The molecule has 0 spiro atoms. The second-order valence-corrected chi connectivity index (χ2v) is 9.32. The van der Waals surface area contributed by atoms with Crippen molar-refractivity contribution in [2.45, 2.75) is 49.1 Å². The van der Waals surface area contributed by atoms with Crippen LogP contribution in [0.4, 0.5) is 0 Å². The Labute approximate surface area is 203 Å². The van der Waals surface area contributed by atoms with Crippen LogP contribution in [0.25, 0.3) is 10.9 Å². The quantitative estimate of drug-likeness (QED) is 0.273. The van der Waals surface area contributed by atoms with Gasteiger partial charge in [0, 0.05) is 12.6 Å². The first kappa shape index (κ1) is 23.9. The minimum absolute atomic E-state index is 0.179. The molecule has 2 N–H and O–H groups in total. The highest BCUT2D eigenvalue weighted by molar-refractivity contribution is 8.00. The second-order valence-electron chi connectivity index (χ2n) is 8.24. The topological polar surface area (TPSA) is 96.4 Å². The molecule has 0 saturated carbocycles. The summed E-state index contributed by atoms with van der Waals surface area (Å²) in [5, 5.41) is 0.217. The largest absolute Gasteiger partial charge is 0.493 e. The Morgan fingerprint density at radius 1 is 1.15 bits per heavy atom. The molecule has 0 saturated heterocycles. The zero-order chi connectivity index (χ0) is 24.1. The van der Waals surface area contributed by atoms with Gasteiger partial charge >= 0.3 is 0 Å². The van der Waals surface area contributed by atoms with E-state index in [-0.39, 0.29) is 5.56 Å². The van der Waals surface area contributed by atoms with Gasteiger partial charge in [0.15, 0.2) is 16.7 Å². The van der Waals surface area contributed by atoms with Crippen LogP contribution in [0.3, 0.4) is 0 Å². The number of aromatic nitrogens is 2. The van der Waals surface area contributed by atoms with E-state index >= 15 is 0 Å². The fourth-order valence-corrected chi connectivity index (χ4v) is 5.30. The van der Waals surface area contributed by atoms with E-state index in [2.05, 4.69) is 6.08 Å². The third kappa shape index (κ3) is 5.12. The van der Waals surface area contributed by atoms with Gasteiger partial charge in [0.05, 0.1) is 25.1 Å². The van der Waals surface area contributed by atoms with Crippen molar-refractivity contribution < 1.29 is 14.3 Å². The van der Waals surface area contributed by atoms with Crippen LogP contribution in [0, 0.1) is 0 Å². The summed E-state index contributed by atoms with van der Waals surface area (Å²) >= 11 is 1.20. The lowest BCUT2D eigenvalue weighted by atomic mass is 9.97. The number of fused-ring (bicyclic) bond motifs is 1. The molecule has 1 heterocycles. The number of benzene rings is 2. The van der Waals surface area contributed by atoms with Gasteiger partial charge in [-0.1, -0.05) is 53.7 Å². The maximum Gasteiger partial charge on any atom is 0.262 e. The Kier molecular flexibility index (Phi) is 7.57. The summed E-state index contributed by atoms with van der Waals surface area (Å²) in [6, 6.07) is 12.7. The number of amides is 1. The van der Waals surface area contributed by atoms with Gasteiger partial charge < -0.3 is 15.2 Å². The van der Waals surface area contributed by atoms with E-state index in [0.717, 1.165) is 24.8 Å². The first-order chi connectivity index (χ1) is 16.5. The highest BCUT2D eigenvalue weighted by atomic mass is 32.2.